The molecule has 19 nitrogen and oxygen atoms in total. The third kappa shape index (κ3) is 4.49. The lowest BCUT2D eigenvalue weighted by Crippen LogP contribution is -2.53. The fourth-order valence-electron chi connectivity index (χ4n) is 5.33. The van der Waals surface area contributed by atoms with Crippen LogP contribution >= 0.6 is 6.72 Å². The number of nitrogens with one attached hydrogen (secondary N) is 1. The molecule has 0 amide bonds. The number of anilines is 2. The normalized spacial score (nSPS) is 32.6. The van der Waals surface area contributed by atoms with Crippen molar-refractivity contribution in [2.24, 2.45) is 0 Å². The van der Waals surface area contributed by atoms with Gasteiger partial charge in [-0.1, -0.05) is 0 Å². The minimum Gasteiger partial charge on any atom is -0.393 e. The van der Waals surface area contributed by atoms with Gasteiger partial charge in [0.2, 0.25) is 5.95 Å². The van der Waals surface area contributed by atoms with Crippen molar-refractivity contribution >= 4 is 52.6 Å². The van der Waals surface area contributed by atoms with Crippen molar-refractivity contribution < 1.29 is 47.1 Å². The van der Waals surface area contributed by atoms with E-state index < -0.39 is 73.9 Å². The van der Waals surface area contributed by atoms with E-state index in [1.54, 1.807) is 11.5 Å². The van der Waals surface area contributed by atoms with Gasteiger partial charge in [0, 0.05) is 0 Å². The number of aliphatic hydroxyl groups excluding tert-OH is 1. The highest BCUT2D eigenvalue weighted by atomic mass is 32.5. The van der Waals surface area contributed by atoms with E-state index in [0.29, 0.717) is 11.2 Å². The summed E-state index contributed by atoms with van der Waals surface area (Å²) < 4.78 is 55.9. The molecule has 8 atom stereocenters. The summed E-state index contributed by atoms with van der Waals surface area (Å²) in [6, 6.07) is 0. The Morgan fingerprint density at radius 1 is 1.14 bits per heavy atom. The first-order valence-electron chi connectivity index (χ1n) is 12.8. The van der Waals surface area contributed by atoms with Gasteiger partial charge in [-0.25, -0.2) is 38.5 Å². The van der Waals surface area contributed by atoms with E-state index in [4.69, 9.17) is 51.6 Å². The van der Waals surface area contributed by atoms with Gasteiger partial charge in [-0.2, -0.15) is 4.98 Å². The number of rotatable bonds is 8. The van der Waals surface area contributed by atoms with Gasteiger partial charge in [-0.3, -0.25) is 23.4 Å². The molecular weight excluding hydrogens is 637 g/mol. The first-order chi connectivity index (χ1) is 20.8. The van der Waals surface area contributed by atoms with Crippen LogP contribution in [0.25, 0.3) is 22.3 Å². The second-order valence-electron chi connectivity index (χ2n) is 10.4. The second-order valence-corrected chi connectivity index (χ2v) is 13.2. The lowest BCUT2D eigenvalue weighted by Gasteiger charge is -2.37. The van der Waals surface area contributed by atoms with Crippen molar-refractivity contribution in [3.63, 3.8) is 0 Å². The number of hydrogen-bond acceptors (Lipinski definition) is 16. The average molecular weight is 661 g/mol. The maximum atomic E-state index is 15.5. The van der Waals surface area contributed by atoms with Gasteiger partial charge < -0.3 is 35.5 Å². The van der Waals surface area contributed by atoms with Crippen molar-refractivity contribution in [1.82, 2.24) is 39.0 Å². The van der Waals surface area contributed by atoms with Crippen LogP contribution in [0.5, 0.6) is 0 Å². The van der Waals surface area contributed by atoms with E-state index in [0.717, 1.165) is 10.9 Å². The number of H-pyrrole nitrogens is 1. The number of aromatic nitrogens is 8. The molecule has 0 radical (unpaired) electrons. The van der Waals surface area contributed by atoms with Gasteiger partial charge in [0.25, 0.3) is 5.56 Å². The lowest BCUT2D eigenvalue weighted by atomic mass is 9.97. The first-order valence-corrected chi connectivity index (χ1v) is 15.4. The summed E-state index contributed by atoms with van der Waals surface area (Å²) in [5.41, 5.74) is 9.69. The molecule has 7 rings (SSSR count). The minimum atomic E-state index is -4.51. The van der Waals surface area contributed by atoms with Gasteiger partial charge in [-0.05, 0) is 18.7 Å². The number of fused-ring (bicyclic) bond motifs is 3. The summed E-state index contributed by atoms with van der Waals surface area (Å²) in [6.45, 7) is -4.53. The number of nitrogens with two attached hydrogens (primary N) is 2. The standard InChI is InChI=1S/C21H23F2N10O9PS/c1-20(11-10(40-41-11)17(39-20)32-5-28-8-13(24)26-4-27-14(8)32)3-37-43(36,44)42-12-18(38-7(2-34)21(12,22)23)33-6-29-9-15(33)30-19(25)31-16(9)35/h4-7,10-12,17-18,34H,2-3H2,1H3,(H,36,44)(H2,24,26,27)(H3,25,30,31,35)/t7-,10-,11+,12+,17-,18-,20-,43?/m1/s1. The number of nitrogens with zero attached hydrogens (tertiary/aromatic N) is 7. The summed E-state index contributed by atoms with van der Waals surface area (Å²) in [4.78, 5) is 56.1. The monoisotopic (exact) mass is 660 g/mol. The molecule has 0 aromatic carbocycles. The topological polar surface area (TPSA) is 255 Å². The van der Waals surface area contributed by atoms with Crippen LogP contribution < -0.4 is 17.0 Å². The maximum absolute atomic E-state index is 15.5. The Hall–Kier alpha value is -3.31. The van der Waals surface area contributed by atoms with Gasteiger partial charge >= 0.3 is 12.6 Å². The van der Waals surface area contributed by atoms with Crippen LogP contribution in [0.2, 0.25) is 0 Å². The highest BCUT2D eigenvalue weighted by molar-refractivity contribution is 8.07. The molecule has 4 aromatic heterocycles. The van der Waals surface area contributed by atoms with Crippen molar-refractivity contribution in [3.8, 4) is 0 Å². The van der Waals surface area contributed by atoms with Crippen LogP contribution in [0.1, 0.15) is 19.4 Å². The molecule has 44 heavy (non-hydrogen) atoms. The van der Waals surface area contributed by atoms with Crippen LogP contribution in [0.3, 0.4) is 0 Å². The lowest BCUT2D eigenvalue weighted by molar-refractivity contribution is -0.468. The summed E-state index contributed by atoms with van der Waals surface area (Å²) >= 11 is 5.12. The molecule has 3 saturated heterocycles. The van der Waals surface area contributed by atoms with Crippen molar-refractivity contribution in [3.05, 3.63) is 29.3 Å². The number of imidazole rings is 2. The van der Waals surface area contributed by atoms with Crippen molar-refractivity contribution in [2.75, 3.05) is 24.7 Å². The predicted molar refractivity (Wildman–Crippen MR) is 144 cm³/mol. The molecule has 3 fully saturated rings. The number of nitrogen functional groups attached to an aromatic ring is 2. The molecule has 0 spiro atoms. The van der Waals surface area contributed by atoms with Gasteiger partial charge in [-0.15, -0.1) is 0 Å². The van der Waals surface area contributed by atoms with Gasteiger partial charge in [0.15, 0.2) is 53.4 Å². The average Bonchev–Trinajstić information content (AvgIpc) is 3.65. The Kier molecular flexibility index (Phi) is 6.75. The van der Waals surface area contributed by atoms with Crippen molar-refractivity contribution in [1.29, 1.82) is 0 Å². The molecule has 4 aromatic rings. The van der Waals surface area contributed by atoms with Gasteiger partial charge in [0.1, 0.15) is 23.5 Å². The summed E-state index contributed by atoms with van der Waals surface area (Å²) in [5, 5.41) is 9.61. The zero-order valence-electron chi connectivity index (χ0n) is 22.3. The maximum Gasteiger partial charge on any atom is 0.325 e. The Bertz CT molecular complexity index is 1880. The van der Waals surface area contributed by atoms with E-state index in [9.17, 15) is 14.8 Å². The Morgan fingerprint density at radius 2 is 1.86 bits per heavy atom. The molecule has 1 unspecified atom stereocenters. The van der Waals surface area contributed by atoms with E-state index in [1.165, 1.54) is 12.7 Å². The number of alkyl halides is 2. The van der Waals surface area contributed by atoms with E-state index in [1.807, 2.05) is 0 Å². The summed E-state index contributed by atoms with van der Waals surface area (Å²) in [5.74, 6) is -4.06. The van der Waals surface area contributed by atoms with Crippen LogP contribution in [-0.4, -0.2) is 98.2 Å². The summed E-state index contributed by atoms with van der Waals surface area (Å²) in [6.07, 6.45) is -4.72. The Labute approximate surface area is 248 Å². The van der Waals surface area contributed by atoms with E-state index in [-0.39, 0.29) is 22.9 Å². The molecular formula is C21H23F2N10O9PS. The quantitative estimate of drug-likeness (QED) is 0.115. The predicted octanol–water partition coefficient (Wildman–Crippen LogP) is -0.746. The molecule has 0 aliphatic carbocycles. The highest BCUT2D eigenvalue weighted by Gasteiger charge is 2.64. The fourth-order valence-corrected chi connectivity index (χ4v) is 6.78. The number of aliphatic hydroxyl groups is 1. The smallest absolute Gasteiger partial charge is 0.325 e. The zero-order valence-corrected chi connectivity index (χ0v) is 24.0. The zero-order chi connectivity index (χ0) is 31.2. The molecule has 0 bridgehead atoms. The van der Waals surface area contributed by atoms with E-state index >= 15 is 8.78 Å². The van der Waals surface area contributed by atoms with E-state index in [2.05, 4.69) is 29.9 Å². The number of ether oxygens (including phenoxy) is 2. The highest BCUT2D eigenvalue weighted by Crippen LogP contribution is 2.55. The largest absolute Gasteiger partial charge is 0.393 e. The van der Waals surface area contributed by atoms with Crippen molar-refractivity contribution in [2.45, 2.75) is 55.3 Å². The number of aromatic amines is 1. The number of halogens is 2. The van der Waals surface area contributed by atoms with Crippen LogP contribution in [0.15, 0.2) is 23.8 Å². The van der Waals surface area contributed by atoms with Crippen LogP contribution in [-0.2, 0) is 40.1 Å². The third-order valence-electron chi connectivity index (χ3n) is 7.53. The number of hydrogen-bond donors (Lipinski definition) is 5. The van der Waals surface area contributed by atoms with Crippen LogP contribution in [0.4, 0.5) is 20.5 Å². The Morgan fingerprint density at radius 3 is 2.57 bits per heavy atom. The third-order valence-corrected chi connectivity index (χ3v) is 9.05. The molecule has 3 aliphatic rings. The molecule has 3 aliphatic heterocycles. The molecule has 7 N–H and O–H groups in total. The SMILES string of the molecule is C[C@]1(COP(O)(=S)O[C@H]2[C@H](n3cnc4c(=O)[nH]c(N)nc43)O[C@H](CO)C2(F)F)O[C@@H](n2cnc3c(N)ncnc32)[C@@H]2OO[C@@H]21. The summed E-state index contributed by atoms with van der Waals surface area (Å²) in [7, 11) is 0. The first kappa shape index (κ1) is 29.4. The molecule has 23 heteroatoms. The van der Waals surface area contributed by atoms with Crippen LogP contribution in [0, 0.1) is 0 Å². The second kappa shape index (κ2) is 10.1. The molecule has 236 valence electrons. The fraction of sp³-hybridized carbons (Fsp3) is 0.524. The Balaban J connectivity index is 1.13. The molecule has 7 heterocycles. The molecule has 0 saturated carbocycles. The van der Waals surface area contributed by atoms with Gasteiger partial charge in [0.05, 0.1) is 25.9 Å². The minimum absolute atomic E-state index is 0.155.